The minimum atomic E-state index is 0.167. The number of hydrogen-bond donors (Lipinski definition) is 2. The topological polar surface area (TPSA) is 60.2 Å². The lowest BCUT2D eigenvalue weighted by molar-refractivity contribution is -0.0175. The quantitative estimate of drug-likeness (QED) is 0.593. The lowest BCUT2D eigenvalue weighted by atomic mass is 9.81. The van der Waals surface area contributed by atoms with Crippen molar-refractivity contribution in [2.45, 2.75) is 57.6 Å². The summed E-state index contributed by atoms with van der Waals surface area (Å²) in [5.41, 5.74) is 4.24. The monoisotopic (exact) mass is 277 g/mol. The zero-order valence-electron chi connectivity index (χ0n) is 12.4. The Hall–Kier alpha value is -0.970. The van der Waals surface area contributed by atoms with Crippen LogP contribution in [0.15, 0.2) is 24.5 Å². The molecule has 0 radical (unpaired) electrons. The van der Waals surface area contributed by atoms with Crippen LogP contribution in [0.25, 0.3) is 0 Å². The van der Waals surface area contributed by atoms with Crippen molar-refractivity contribution in [1.82, 2.24) is 10.4 Å². The summed E-state index contributed by atoms with van der Waals surface area (Å²) in [6.45, 7) is 2.81. The highest BCUT2D eigenvalue weighted by atomic mass is 16.5. The molecule has 2 atom stereocenters. The van der Waals surface area contributed by atoms with Gasteiger partial charge in [0.25, 0.3) is 0 Å². The van der Waals surface area contributed by atoms with E-state index in [0.717, 1.165) is 13.0 Å². The Morgan fingerprint density at radius 2 is 2.00 bits per heavy atom. The molecular weight excluding hydrogens is 250 g/mol. The average Bonchev–Trinajstić information content (AvgIpc) is 2.52. The number of nitrogens with one attached hydrogen (secondary N) is 1. The van der Waals surface area contributed by atoms with Crippen LogP contribution in [0.2, 0.25) is 0 Å². The minimum absolute atomic E-state index is 0.167. The highest BCUT2D eigenvalue weighted by Crippen LogP contribution is 2.30. The number of pyridine rings is 1. The molecule has 1 aromatic rings. The van der Waals surface area contributed by atoms with Crippen LogP contribution in [0.1, 0.15) is 44.6 Å². The highest BCUT2D eigenvalue weighted by Gasteiger charge is 2.30. The Morgan fingerprint density at radius 3 is 2.60 bits per heavy atom. The maximum Gasteiger partial charge on any atom is 0.0772 e. The van der Waals surface area contributed by atoms with E-state index < -0.39 is 0 Å². The van der Waals surface area contributed by atoms with Crippen LogP contribution >= 0.6 is 0 Å². The van der Waals surface area contributed by atoms with Crippen LogP contribution in [-0.4, -0.2) is 23.7 Å². The van der Waals surface area contributed by atoms with Gasteiger partial charge in [-0.1, -0.05) is 19.3 Å². The molecule has 0 aliphatic heterocycles. The second-order valence-electron chi connectivity index (χ2n) is 5.65. The van der Waals surface area contributed by atoms with Crippen molar-refractivity contribution in [2.24, 2.45) is 11.8 Å². The van der Waals surface area contributed by atoms with Gasteiger partial charge in [-0.25, -0.2) is 0 Å². The SMILES string of the molecule is CCOC(C1CCCCC1)C(Cc1ccncc1)NN. The molecule has 20 heavy (non-hydrogen) atoms. The van der Waals surface area contributed by atoms with E-state index in [1.165, 1.54) is 37.7 Å². The molecule has 1 fully saturated rings. The van der Waals surface area contributed by atoms with Crippen molar-refractivity contribution in [3.05, 3.63) is 30.1 Å². The van der Waals surface area contributed by atoms with Gasteiger partial charge in [0.1, 0.15) is 0 Å². The molecule has 1 aliphatic rings. The van der Waals surface area contributed by atoms with E-state index in [1.54, 1.807) is 0 Å². The lowest BCUT2D eigenvalue weighted by Crippen LogP contribution is -2.50. The summed E-state index contributed by atoms with van der Waals surface area (Å²) in [7, 11) is 0. The van der Waals surface area contributed by atoms with Crippen LogP contribution in [0, 0.1) is 5.92 Å². The first-order valence-electron chi connectivity index (χ1n) is 7.81. The smallest absolute Gasteiger partial charge is 0.0772 e. The predicted octanol–water partition coefficient (Wildman–Crippen LogP) is 2.44. The van der Waals surface area contributed by atoms with Crippen molar-refractivity contribution in [3.8, 4) is 0 Å². The van der Waals surface area contributed by atoms with Crippen LogP contribution in [0.3, 0.4) is 0 Å². The molecule has 3 N–H and O–H groups in total. The van der Waals surface area contributed by atoms with Crippen molar-refractivity contribution in [3.63, 3.8) is 0 Å². The highest BCUT2D eigenvalue weighted by molar-refractivity contribution is 5.12. The Balaban J connectivity index is 2.03. The van der Waals surface area contributed by atoms with Crippen LogP contribution < -0.4 is 11.3 Å². The first-order valence-corrected chi connectivity index (χ1v) is 7.81. The number of ether oxygens (including phenoxy) is 1. The molecule has 4 heteroatoms. The van der Waals surface area contributed by atoms with Crippen molar-refractivity contribution >= 4 is 0 Å². The van der Waals surface area contributed by atoms with Gasteiger partial charge in [-0.2, -0.15) is 0 Å². The summed E-state index contributed by atoms with van der Waals surface area (Å²) < 4.78 is 6.05. The number of aromatic nitrogens is 1. The van der Waals surface area contributed by atoms with E-state index >= 15 is 0 Å². The van der Waals surface area contributed by atoms with Gasteiger partial charge < -0.3 is 4.74 Å². The molecule has 112 valence electrons. The predicted molar refractivity (Wildman–Crippen MR) is 81.0 cm³/mol. The minimum Gasteiger partial charge on any atom is -0.377 e. The molecule has 1 saturated carbocycles. The summed E-state index contributed by atoms with van der Waals surface area (Å²) >= 11 is 0. The maximum absolute atomic E-state index is 6.05. The first-order chi connectivity index (χ1) is 9.85. The summed E-state index contributed by atoms with van der Waals surface area (Å²) in [5, 5.41) is 0. The van der Waals surface area contributed by atoms with Gasteiger partial charge in [-0.15, -0.1) is 0 Å². The first kappa shape index (κ1) is 15.4. The molecule has 1 heterocycles. The fraction of sp³-hybridized carbons (Fsp3) is 0.688. The standard InChI is InChI=1S/C16H27N3O/c1-2-20-16(14-6-4-3-5-7-14)15(19-17)12-13-8-10-18-11-9-13/h8-11,14-16,19H,2-7,12,17H2,1H3. The Labute approximate surface area is 122 Å². The molecular formula is C16H27N3O. The summed E-state index contributed by atoms with van der Waals surface area (Å²) in [6.07, 6.45) is 11.3. The van der Waals surface area contributed by atoms with E-state index in [9.17, 15) is 0 Å². The maximum atomic E-state index is 6.05. The summed E-state index contributed by atoms with van der Waals surface area (Å²) in [6, 6.07) is 4.27. The van der Waals surface area contributed by atoms with Crippen LogP contribution in [0.4, 0.5) is 0 Å². The lowest BCUT2D eigenvalue weighted by Gasteiger charge is -2.35. The van der Waals surface area contributed by atoms with E-state index in [1.807, 2.05) is 24.5 Å². The normalized spacial score (nSPS) is 19.7. The van der Waals surface area contributed by atoms with Gasteiger partial charge in [-0.3, -0.25) is 16.3 Å². The third kappa shape index (κ3) is 4.27. The second-order valence-corrected chi connectivity index (χ2v) is 5.65. The fourth-order valence-corrected chi connectivity index (χ4v) is 3.28. The van der Waals surface area contributed by atoms with Crippen LogP contribution in [-0.2, 0) is 11.2 Å². The third-order valence-electron chi connectivity index (χ3n) is 4.29. The number of rotatable bonds is 7. The summed E-state index contributed by atoms with van der Waals surface area (Å²) in [5.74, 6) is 6.44. The van der Waals surface area contributed by atoms with E-state index in [0.29, 0.717) is 5.92 Å². The van der Waals surface area contributed by atoms with Gasteiger partial charge in [0.15, 0.2) is 0 Å². The van der Waals surface area contributed by atoms with Gasteiger partial charge in [-0.05, 0) is 49.8 Å². The molecule has 1 aromatic heterocycles. The fourth-order valence-electron chi connectivity index (χ4n) is 3.28. The molecule has 2 unspecified atom stereocenters. The number of nitrogens with zero attached hydrogens (tertiary/aromatic N) is 1. The molecule has 0 spiro atoms. The molecule has 1 aliphatic carbocycles. The third-order valence-corrected chi connectivity index (χ3v) is 4.29. The zero-order chi connectivity index (χ0) is 14.2. The Bertz CT molecular complexity index is 365. The van der Waals surface area contributed by atoms with Crippen molar-refractivity contribution in [1.29, 1.82) is 0 Å². The Kier molecular flexibility index (Phi) is 6.43. The van der Waals surface area contributed by atoms with Gasteiger partial charge in [0.05, 0.1) is 12.1 Å². The van der Waals surface area contributed by atoms with Gasteiger partial charge in [0.2, 0.25) is 0 Å². The van der Waals surface area contributed by atoms with Crippen molar-refractivity contribution in [2.75, 3.05) is 6.61 Å². The number of hydrazine groups is 1. The van der Waals surface area contributed by atoms with E-state index in [2.05, 4.69) is 17.3 Å². The Morgan fingerprint density at radius 1 is 1.30 bits per heavy atom. The number of hydrogen-bond acceptors (Lipinski definition) is 4. The molecule has 4 nitrogen and oxygen atoms in total. The molecule has 2 rings (SSSR count). The average molecular weight is 277 g/mol. The van der Waals surface area contributed by atoms with Crippen LogP contribution in [0.5, 0.6) is 0 Å². The molecule has 0 bridgehead atoms. The molecule has 0 amide bonds. The summed E-state index contributed by atoms with van der Waals surface area (Å²) in [4.78, 5) is 4.07. The van der Waals surface area contributed by atoms with Gasteiger partial charge in [0, 0.05) is 19.0 Å². The zero-order valence-corrected chi connectivity index (χ0v) is 12.4. The second kappa shape index (κ2) is 8.35. The largest absolute Gasteiger partial charge is 0.377 e. The molecule has 0 saturated heterocycles. The van der Waals surface area contributed by atoms with Gasteiger partial charge >= 0.3 is 0 Å². The molecule has 0 aromatic carbocycles. The van der Waals surface area contributed by atoms with E-state index in [4.69, 9.17) is 10.6 Å². The number of nitrogens with two attached hydrogens (primary N) is 1. The van der Waals surface area contributed by atoms with Crippen molar-refractivity contribution < 1.29 is 4.74 Å². The van der Waals surface area contributed by atoms with E-state index in [-0.39, 0.29) is 12.1 Å².